The minimum Gasteiger partial charge on any atom is -0.332 e. The van der Waals surface area contributed by atoms with E-state index in [9.17, 15) is 4.79 Å². The van der Waals surface area contributed by atoms with E-state index in [-0.39, 0.29) is 11.9 Å². The summed E-state index contributed by atoms with van der Waals surface area (Å²) in [7, 11) is 0. The Balaban J connectivity index is 1.67. The van der Waals surface area contributed by atoms with Crippen LogP contribution in [0.25, 0.3) is 11.0 Å². The van der Waals surface area contributed by atoms with Crippen LogP contribution in [0.4, 0.5) is 0 Å². The van der Waals surface area contributed by atoms with Gasteiger partial charge in [-0.15, -0.1) is 0 Å². The molecule has 1 fully saturated rings. The summed E-state index contributed by atoms with van der Waals surface area (Å²) in [5.41, 5.74) is 5.90. The molecule has 0 radical (unpaired) electrons. The predicted molar refractivity (Wildman–Crippen MR) is 92.8 cm³/mol. The van der Waals surface area contributed by atoms with Gasteiger partial charge in [-0.25, -0.2) is 0 Å². The van der Waals surface area contributed by atoms with Crippen molar-refractivity contribution in [1.29, 1.82) is 0 Å². The number of hydrogen-bond acceptors (Lipinski definition) is 3. The molecular formula is C19H20N4O. The molecule has 2 heterocycles. The van der Waals surface area contributed by atoms with Gasteiger partial charge >= 0.3 is 0 Å². The molecule has 0 unspecified atom stereocenters. The fourth-order valence-electron chi connectivity index (χ4n) is 3.70. The maximum absolute atomic E-state index is 13.0. The average Bonchev–Trinajstić information content (AvgIpc) is 3.21. The van der Waals surface area contributed by atoms with Crippen molar-refractivity contribution in [3.63, 3.8) is 0 Å². The monoisotopic (exact) mass is 320 g/mol. The topological polar surface area (TPSA) is 61.9 Å². The molecule has 1 aliphatic heterocycles. The van der Waals surface area contributed by atoms with Crippen LogP contribution in [0.2, 0.25) is 0 Å². The largest absolute Gasteiger partial charge is 0.332 e. The van der Waals surface area contributed by atoms with Crippen molar-refractivity contribution < 1.29 is 4.79 Å². The summed E-state index contributed by atoms with van der Waals surface area (Å²) >= 11 is 0. The molecule has 1 aromatic heterocycles. The fraction of sp³-hybridized carbons (Fsp3) is 0.316. The third kappa shape index (κ3) is 2.56. The molecular weight excluding hydrogens is 300 g/mol. The summed E-state index contributed by atoms with van der Waals surface area (Å²) in [6, 6.07) is 12.2. The number of aromatic nitrogens is 3. The van der Waals surface area contributed by atoms with Crippen molar-refractivity contribution in [2.24, 2.45) is 0 Å². The van der Waals surface area contributed by atoms with Crippen LogP contribution in [0, 0.1) is 13.8 Å². The molecule has 0 spiro atoms. The molecule has 1 amide bonds. The highest BCUT2D eigenvalue weighted by Gasteiger charge is 2.31. The average molecular weight is 320 g/mol. The fourth-order valence-corrected chi connectivity index (χ4v) is 3.70. The summed E-state index contributed by atoms with van der Waals surface area (Å²) < 4.78 is 0. The molecule has 0 bridgehead atoms. The summed E-state index contributed by atoms with van der Waals surface area (Å²) in [6.07, 6.45) is 2.05. The number of nitrogens with zero attached hydrogens (tertiary/aromatic N) is 3. The van der Waals surface area contributed by atoms with Gasteiger partial charge in [0.05, 0.1) is 6.04 Å². The first-order valence-corrected chi connectivity index (χ1v) is 8.31. The lowest BCUT2D eigenvalue weighted by Gasteiger charge is -2.26. The van der Waals surface area contributed by atoms with Gasteiger partial charge in [-0.2, -0.15) is 15.4 Å². The van der Waals surface area contributed by atoms with Crippen LogP contribution in [0.5, 0.6) is 0 Å². The first kappa shape index (κ1) is 14.9. The van der Waals surface area contributed by atoms with E-state index in [1.165, 1.54) is 16.7 Å². The Hall–Kier alpha value is -2.69. The van der Waals surface area contributed by atoms with Gasteiger partial charge in [0.2, 0.25) is 0 Å². The maximum Gasteiger partial charge on any atom is 0.254 e. The molecule has 0 saturated carbocycles. The lowest BCUT2D eigenvalue weighted by molar-refractivity contribution is 0.0735. The zero-order chi connectivity index (χ0) is 16.7. The van der Waals surface area contributed by atoms with Gasteiger partial charge in [0, 0.05) is 12.1 Å². The lowest BCUT2D eigenvalue weighted by atomic mass is 9.99. The number of aromatic amines is 1. The third-order valence-electron chi connectivity index (χ3n) is 4.71. The number of hydrogen-bond donors (Lipinski definition) is 1. The second-order valence-corrected chi connectivity index (χ2v) is 6.60. The summed E-state index contributed by atoms with van der Waals surface area (Å²) in [6.45, 7) is 5.01. The first-order valence-electron chi connectivity index (χ1n) is 8.31. The Labute approximate surface area is 140 Å². The SMILES string of the molecule is Cc1cc(C)cc([C@H]2CCCN2C(=O)c2ccc3n[nH]nc3c2)c1. The number of fused-ring (bicyclic) bond motifs is 1. The second-order valence-electron chi connectivity index (χ2n) is 6.60. The van der Waals surface area contributed by atoms with Crippen LogP contribution in [0.3, 0.4) is 0 Å². The van der Waals surface area contributed by atoms with Crippen molar-refractivity contribution in [2.45, 2.75) is 32.7 Å². The number of carbonyl (C=O) groups is 1. The normalized spacial score (nSPS) is 17.6. The van der Waals surface area contributed by atoms with E-state index in [2.05, 4.69) is 47.5 Å². The number of aryl methyl sites for hydroxylation is 2. The molecule has 122 valence electrons. The number of benzene rings is 2. The number of H-pyrrole nitrogens is 1. The Morgan fingerprint density at radius 2 is 1.83 bits per heavy atom. The van der Waals surface area contributed by atoms with Crippen molar-refractivity contribution >= 4 is 16.9 Å². The first-order chi connectivity index (χ1) is 11.6. The summed E-state index contributed by atoms with van der Waals surface area (Å²) in [5.74, 6) is 0.0709. The molecule has 24 heavy (non-hydrogen) atoms. The van der Waals surface area contributed by atoms with Crippen molar-refractivity contribution in [3.8, 4) is 0 Å². The molecule has 3 aromatic rings. The third-order valence-corrected chi connectivity index (χ3v) is 4.71. The highest BCUT2D eigenvalue weighted by atomic mass is 16.2. The number of nitrogens with one attached hydrogen (secondary N) is 1. The van der Waals surface area contributed by atoms with Crippen LogP contribution in [0.15, 0.2) is 36.4 Å². The van der Waals surface area contributed by atoms with Gasteiger partial charge < -0.3 is 4.90 Å². The molecule has 2 aromatic carbocycles. The predicted octanol–water partition coefficient (Wildman–Crippen LogP) is 3.55. The van der Waals surface area contributed by atoms with E-state index in [1.807, 2.05) is 23.1 Å². The Morgan fingerprint density at radius 3 is 2.62 bits per heavy atom. The van der Waals surface area contributed by atoms with Crippen LogP contribution >= 0.6 is 0 Å². The molecule has 4 rings (SSSR count). The van der Waals surface area contributed by atoms with Crippen LogP contribution in [-0.2, 0) is 0 Å². The molecule has 5 nitrogen and oxygen atoms in total. The van der Waals surface area contributed by atoms with Gasteiger partial charge in [0.25, 0.3) is 5.91 Å². The number of carbonyl (C=O) groups excluding carboxylic acids is 1. The van der Waals surface area contributed by atoms with Crippen molar-refractivity contribution in [1.82, 2.24) is 20.3 Å². The minimum absolute atomic E-state index is 0.0709. The van der Waals surface area contributed by atoms with Crippen LogP contribution in [-0.4, -0.2) is 32.8 Å². The maximum atomic E-state index is 13.0. The summed E-state index contributed by atoms with van der Waals surface area (Å²) in [5, 5.41) is 10.7. The zero-order valence-corrected chi connectivity index (χ0v) is 13.9. The Bertz CT molecular complexity index is 894. The molecule has 1 atom stereocenters. The Kier molecular flexibility index (Phi) is 3.56. The van der Waals surface area contributed by atoms with Gasteiger partial charge in [0.1, 0.15) is 11.0 Å². The molecule has 0 aliphatic carbocycles. The second kappa shape index (κ2) is 5.74. The molecule has 1 saturated heterocycles. The Morgan fingerprint density at radius 1 is 1.08 bits per heavy atom. The van der Waals surface area contributed by atoms with E-state index < -0.39 is 0 Å². The van der Waals surface area contributed by atoms with Gasteiger partial charge in [-0.05, 0) is 50.5 Å². The standard InChI is InChI=1S/C19H20N4O/c1-12-8-13(2)10-15(9-12)18-4-3-7-23(18)19(24)14-5-6-16-17(11-14)21-22-20-16/h5-6,8-11,18H,3-4,7H2,1-2H3,(H,20,21,22)/t18-/m1/s1. The summed E-state index contributed by atoms with van der Waals surface area (Å²) in [4.78, 5) is 15.0. The van der Waals surface area contributed by atoms with Gasteiger partial charge in [0.15, 0.2) is 0 Å². The van der Waals surface area contributed by atoms with Crippen molar-refractivity contribution in [2.75, 3.05) is 6.54 Å². The molecule has 5 heteroatoms. The molecule has 1 N–H and O–H groups in total. The van der Waals surface area contributed by atoms with Gasteiger partial charge in [-0.1, -0.05) is 29.3 Å². The number of likely N-dealkylation sites (tertiary alicyclic amines) is 1. The van der Waals surface area contributed by atoms with Crippen molar-refractivity contribution in [3.05, 3.63) is 58.7 Å². The van der Waals surface area contributed by atoms with E-state index in [1.54, 1.807) is 0 Å². The number of amides is 1. The van der Waals surface area contributed by atoms with E-state index in [4.69, 9.17) is 0 Å². The zero-order valence-electron chi connectivity index (χ0n) is 13.9. The van der Waals surface area contributed by atoms with E-state index in [0.29, 0.717) is 5.56 Å². The number of rotatable bonds is 2. The van der Waals surface area contributed by atoms with Crippen LogP contribution < -0.4 is 0 Å². The van der Waals surface area contributed by atoms with E-state index >= 15 is 0 Å². The highest BCUT2D eigenvalue weighted by molar-refractivity contribution is 5.97. The van der Waals surface area contributed by atoms with Crippen LogP contribution in [0.1, 0.15) is 45.9 Å². The highest BCUT2D eigenvalue weighted by Crippen LogP contribution is 2.34. The minimum atomic E-state index is 0.0709. The quantitative estimate of drug-likeness (QED) is 0.785. The lowest BCUT2D eigenvalue weighted by Crippen LogP contribution is -2.30. The molecule has 1 aliphatic rings. The van der Waals surface area contributed by atoms with E-state index in [0.717, 1.165) is 30.4 Å². The smallest absolute Gasteiger partial charge is 0.254 e. The van der Waals surface area contributed by atoms with Gasteiger partial charge in [-0.3, -0.25) is 4.79 Å².